The zero-order chi connectivity index (χ0) is 20.9. The first-order valence-electron chi connectivity index (χ1n) is 9.33. The van der Waals surface area contributed by atoms with Crippen LogP contribution >= 0.6 is 11.8 Å². The molecule has 1 aromatic rings. The van der Waals surface area contributed by atoms with Crippen LogP contribution in [-0.2, 0) is 4.79 Å². The van der Waals surface area contributed by atoms with Crippen LogP contribution in [0.2, 0.25) is 0 Å². The number of ether oxygens (including phenoxy) is 1. The molecular weight excluding hydrogens is 390 g/mol. The van der Waals surface area contributed by atoms with Gasteiger partial charge in [-0.2, -0.15) is 10.2 Å². The number of fused-ring (bicyclic) bond motifs is 1. The lowest BCUT2D eigenvalue weighted by atomic mass is 9.79. The van der Waals surface area contributed by atoms with Crippen LogP contribution in [0.3, 0.4) is 0 Å². The molecule has 4 rings (SSSR count). The van der Waals surface area contributed by atoms with Gasteiger partial charge in [-0.05, 0) is 25.7 Å². The third-order valence-corrected chi connectivity index (χ3v) is 7.44. The van der Waals surface area contributed by atoms with E-state index in [0.29, 0.717) is 36.9 Å². The molecule has 0 saturated carbocycles. The largest absolute Gasteiger partial charge is 0.481 e. The summed E-state index contributed by atoms with van der Waals surface area (Å²) in [5.41, 5.74) is 1.74. The number of rotatable bonds is 3. The summed E-state index contributed by atoms with van der Waals surface area (Å²) in [7, 11) is 3.19. The fraction of sp³-hybridized carbons (Fsp3) is 0.526. The molecule has 1 unspecified atom stereocenters. The first-order chi connectivity index (χ1) is 13.8. The maximum atomic E-state index is 13.1. The Bertz CT molecular complexity index is 972. The minimum absolute atomic E-state index is 0.0291. The lowest BCUT2D eigenvalue weighted by molar-refractivity contribution is -0.133. The molecule has 1 amide bonds. The van der Waals surface area contributed by atoms with E-state index in [1.165, 1.54) is 4.90 Å². The molecule has 4 heterocycles. The summed E-state index contributed by atoms with van der Waals surface area (Å²) in [6, 6.07) is 2.22. The Hall–Kier alpha value is -2.80. The van der Waals surface area contributed by atoms with Gasteiger partial charge in [-0.15, -0.1) is 11.8 Å². The number of nitrogens with zero attached hydrogens (tertiary/aromatic N) is 5. The molecule has 0 aromatic carbocycles. The summed E-state index contributed by atoms with van der Waals surface area (Å²) >= 11 is 1.56. The molecule has 3 atom stereocenters. The van der Waals surface area contributed by atoms with Gasteiger partial charge in [0, 0.05) is 42.2 Å². The van der Waals surface area contributed by atoms with Crippen molar-refractivity contribution < 1.29 is 9.53 Å². The number of hydrogen-bond acceptors (Lipinski definition) is 8. The molecule has 2 saturated heterocycles. The Morgan fingerprint density at radius 3 is 2.86 bits per heavy atom. The standard InChI is InChI=1S/C19H23N7O2S/c1-10-11(2)22-18(23-15(10)28-4)26-7-13-16(27)25(3)17(21)24-19(13,9-26)14-5-12(6-20)8-29-14/h8,13-14H,5,7,9H2,1-4H3,(H2,21,24)/t13-,14?,19-/m0/s1. The van der Waals surface area contributed by atoms with Crippen molar-refractivity contribution in [3.8, 4) is 11.9 Å². The van der Waals surface area contributed by atoms with Crippen molar-refractivity contribution in [2.45, 2.75) is 31.1 Å². The highest BCUT2D eigenvalue weighted by molar-refractivity contribution is 8.03. The number of guanidine groups is 1. The van der Waals surface area contributed by atoms with Crippen molar-refractivity contribution in [2.24, 2.45) is 5.92 Å². The van der Waals surface area contributed by atoms with E-state index in [0.717, 1.165) is 11.3 Å². The molecule has 152 valence electrons. The number of carbonyl (C=O) groups excluding carboxylic acids is 1. The maximum Gasteiger partial charge on any atom is 0.236 e. The van der Waals surface area contributed by atoms with Crippen LogP contribution in [0.5, 0.6) is 5.88 Å². The highest BCUT2D eigenvalue weighted by atomic mass is 32.2. The Labute approximate surface area is 173 Å². The third kappa shape index (κ3) is 2.92. The second-order valence-electron chi connectivity index (χ2n) is 7.67. The average molecular weight is 414 g/mol. The molecule has 0 aliphatic carbocycles. The number of hydrogen-bond donors (Lipinski definition) is 2. The number of nitriles is 1. The smallest absolute Gasteiger partial charge is 0.236 e. The van der Waals surface area contributed by atoms with Crippen LogP contribution in [0.1, 0.15) is 17.7 Å². The topological polar surface area (TPSA) is 118 Å². The maximum absolute atomic E-state index is 13.1. The molecule has 3 aliphatic heterocycles. The molecule has 3 aliphatic rings. The lowest BCUT2D eigenvalue weighted by Crippen LogP contribution is -2.70. The molecular formula is C19H23N7O2S. The van der Waals surface area contributed by atoms with Crippen LogP contribution in [0.4, 0.5) is 5.95 Å². The van der Waals surface area contributed by atoms with Crippen LogP contribution < -0.4 is 15.0 Å². The first kappa shape index (κ1) is 19.5. The number of carbonyl (C=O) groups is 1. The second-order valence-corrected chi connectivity index (χ2v) is 8.75. The van der Waals surface area contributed by atoms with Gasteiger partial charge in [-0.1, -0.05) is 0 Å². The molecule has 1 aromatic heterocycles. The van der Waals surface area contributed by atoms with Gasteiger partial charge in [0.25, 0.3) is 0 Å². The Morgan fingerprint density at radius 2 is 2.21 bits per heavy atom. The van der Waals surface area contributed by atoms with Crippen LogP contribution in [0, 0.1) is 36.5 Å². The molecule has 2 N–H and O–H groups in total. The number of aromatic nitrogens is 2. The fourth-order valence-corrected chi connectivity index (χ4v) is 5.56. The zero-order valence-corrected chi connectivity index (χ0v) is 17.6. The Balaban J connectivity index is 1.73. The van der Waals surface area contributed by atoms with Gasteiger partial charge in [0.1, 0.15) is 0 Å². The lowest BCUT2D eigenvalue weighted by Gasteiger charge is -2.46. The SMILES string of the molecule is COc1nc(N2C[C@H]3C(=O)N(C)C(=N)N[C@@]3(C3CC(C#N)=CS3)C2)nc(C)c1C. The first-order valence-corrected chi connectivity index (χ1v) is 10.3. The van der Waals surface area contributed by atoms with E-state index < -0.39 is 5.54 Å². The summed E-state index contributed by atoms with van der Waals surface area (Å²) in [6.45, 7) is 4.73. The van der Waals surface area contributed by atoms with Crippen molar-refractivity contribution in [3.05, 3.63) is 22.2 Å². The van der Waals surface area contributed by atoms with Gasteiger partial charge in [0.15, 0.2) is 5.96 Å². The zero-order valence-electron chi connectivity index (χ0n) is 16.8. The van der Waals surface area contributed by atoms with Crippen LogP contribution in [-0.4, -0.2) is 64.8 Å². The fourth-order valence-electron chi connectivity index (χ4n) is 4.27. The monoisotopic (exact) mass is 413 g/mol. The molecule has 0 spiro atoms. The predicted octanol–water partition coefficient (Wildman–Crippen LogP) is 1.19. The summed E-state index contributed by atoms with van der Waals surface area (Å²) < 4.78 is 5.40. The quantitative estimate of drug-likeness (QED) is 0.759. The third-order valence-electron chi connectivity index (χ3n) is 6.10. The number of nitrogens with one attached hydrogen (secondary N) is 2. The summed E-state index contributed by atoms with van der Waals surface area (Å²) in [4.78, 5) is 25.6. The van der Waals surface area contributed by atoms with E-state index in [4.69, 9.17) is 10.1 Å². The number of methoxy groups -OCH3 is 1. The predicted molar refractivity (Wildman–Crippen MR) is 110 cm³/mol. The summed E-state index contributed by atoms with van der Waals surface area (Å²) in [5, 5.41) is 22.7. The van der Waals surface area contributed by atoms with Gasteiger partial charge in [0.05, 0.1) is 24.6 Å². The minimum atomic E-state index is -0.671. The van der Waals surface area contributed by atoms with E-state index in [-0.39, 0.29) is 23.0 Å². The van der Waals surface area contributed by atoms with Crippen LogP contribution in [0.25, 0.3) is 0 Å². The summed E-state index contributed by atoms with van der Waals surface area (Å²) in [6.07, 6.45) is 0.569. The van der Waals surface area contributed by atoms with Crippen molar-refractivity contribution in [3.63, 3.8) is 0 Å². The Kier molecular flexibility index (Phi) is 4.65. The number of amides is 1. The van der Waals surface area contributed by atoms with E-state index in [1.807, 2.05) is 24.2 Å². The van der Waals surface area contributed by atoms with Crippen LogP contribution in [0.15, 0.2) is 11.0 Å². The number of allylic oxidation sites excluding steroid dienone is 1. The molecule has 0 radical (unpaired) electrons. The van der Waals surface area contributed by atoms with Gasteiger partial charge >= 0.3 is 0 Å². The molecule has 0 bridgehead atoms. The van der Waals surface area contributed by atoms with Crippen molar-refractivity contribution in [1.29, 1.82) is 10.7 Å². The van der Waals surface area contributed by atoms with E-state index in [2.05, 4.69) is 21.4 Å². The number of aryl methyl sites for hydroxylation is 1. The molecule has 2 fully saturated rings. The molecule has 29 heavy (non-hydrogen) atoms. The van der Waals surface area contributed by atoms with Crippen molar-refractivity contribution in [1.82, 2.24) is 20.2 Å². The van der Waals surface area contributed by atoms with E-state index >= 15 is 0 Å². The second kappa shape index (κ2) is 6.91. The average Bonchev–Trinajstić information content (AvgIpc) is 3.34. The van der Waals surface area contributed by atoms with E-state index in [9.17, 15) is 10.1 Å². The normalized spacial score (nSPS) is 28.7. The van der Waals surface area contributed by atoms with Gasteiger partial charge in [0.2, 0.25) is 17.7 Å². The highest BCUT2D eigenvalue weighted by Crippen LogP contribution is 2.46. The van der Waals surface area contributed by atoms with E-state index in [1.54, 1.807) is 25.9 Å². The molecule has 9 nitrogen and oxygen atoms in total. The molecule has 10 heteroatoms. The Morgan fingerprint density at radius 1 is 1.45 bits per heavy atom. The number of anilines is 1. The van der Waals surface area contributed by atoms with Crippen molar-refractivity contribution in [2.75, 3.05) is 32.1 Å². The van der Waals surface area contributed by atoms with Gasteiger partial charge in [-0.25, -0.2) is 4.98 Å². The van der Waals surface area contributed by atoms with Gasteiger partial charge in [-0.3, -0.25) is 15.1 Å². The minimum Gasteiger partial charge on any atom is -0.481 e. The number of thioether (sulfide) groups is 1. The van der Waals surface area contributed by atoms with Gasteiger partial charge < -0.3 is 15.0 Å². The van der Waals surface area contributed by atoms with Crippen molar-refractivity contribution >= 4 is 29.6 Å². The summed E-state index contributed by atoms with van der Waals surface area (Å²) in [5.74, 6) is 0.640. The highest BCUT2D eigenvalue weighted by Gasteiger charge is 2.60.